The molecule has 0 N–H and O–H groups in total. The summed E-state index contributed by atoms with van der Waals surface area (Å²) in [6.45, 7) is 6.85. The molecule has 0 unspecified atom stereocenters. The van der Waals surface area contributed by atoms with Gasteiger partial charge in [-0.15, -0.1) is 0 Å². The van der Waals surface area contributed by atoms with Gasteiger partial charge in [0.25, 0.3) is 0 Å². The Labute approximate surface area is 186 Å². The van der Waals surface area contributed by atoms with Crippen LogP contribution in [0.3, 0.4) is 0 Å². The summed E-state index contributed by atoms with van der Waals surface area (Å²) in [6.07, 6.45) is 10.9. The van der Waals surface area contributed by atoms with E-state index in [2.05, 4.69) is 61.6 Å². The Bertz CT molecular complexity index is 804. The molecule has 0 aliphatic carbocycles. The molecule has 2 fully saturated rings. The number of aromatic nitrogens is 2. The third-order valence-corrected chi connectivity index (χ3v) is 6.81. The number of imidazole rings is 1. The molecule has 31 heavy (non-hydrogen) atoms. The number of nitrogens with zero attached hydrogens (tertiary/aromatic N) is 5. The van der Waals surface area contributed by atoms with E-state index in [0.717, 1.165) is 45.0 Å². The number of hydrogen-bond donors (Lipinski definition) is 0. The molecule has 0 saturated carbocycles. The van der Waals surface area contributed by atoms with E-state index in [1.165, 1.54) is 44.3 Å². The smallest absolute Gasteiger partial charge is 0.222 e. The molecule has 0 spiro atoms. The molecule has 2 aliphatic rings. The standard InChI is InChI=1S/C25H37N5O/c1-27-17-13-26-25(27)24(22-10-5-4-6-11-22)30-20-18-29(19-21-30)23(31)12-9-16-28-14-7-2-3-8-15-28/h4-6,10-11,13,17,24H,2-3,7-9,12,14-16,18-21H2,1H3/t24-/m0/s1. The van der Waals surface area contributed by atoms with E-state index < -0.39 is 0 Å². The lowest BCUT2D eigenvalue weighted by atomic mass is 10.0. The van der Waals surface area contributed by atoms with Crippen LogP contribution in [0.5, 0.6) is 0 Å². The first kappa shape index (κ1) is 22.0. The van der Waals surface area contributed by atoms with Crippen LogP contribution in [0.1, 0.15) is 56.0 Å². The molecular weight excluding hydrogens is 386 g/mol. The molecule has 1 aromatic heterocycles. The molecule has 3 heterocycles. The third kappa shape index (κ3) is 5.74. The van der Waals surface area contributed by atoms with Gasteiger partial charge in [0.05, 0.1) is 6.04 Å². The van der Waals surface area contributed by atoms with Crippen LogP contribution in [0, 0.1) is 0 Å². The van der Waals surface area contributed by atoms with Gasteiger partial charge in [0.2, 0.25) is 5.91 Å². The van der Waals surface area contributed by atoms with Gasteiger partial charge in [-0.05, 0) is 44.5 Å². The summed E-state index contributed by atoms with van der Waals surface area (Å²) in [5.41, 5.74) is 1.26. The van der Waals surface area contributed by atoms with Gasteiger partial charge >= 0.3 is 0 Å². The quantitative estimate of drug-likeness (QED) is 0.685. The lowest BCUT2D eigenvalue weighted by Crippen LogP contribution is -2.50. The molecule has 1 atom stereocenters. The number of piperazine rings is 1. The first-order chi connectivity index (χ1) is 15.2. The molecule has 6 heteroatoms. The van der Waals surface area contributed by atoms with Crippen LogP contribution >= 0.6 is 0 Å². The number of rotatable bonds is 7. The first-order valence-electron chi connectivity index (χ1n) is 12.0. The van der Waals surface area contributed by atoms with Gasteiger partial charge in [0.15, 0.2) is 0 Å². The highest BCUT2D eigenvalue weighted by Gasteiger charge is 2.30. The van der Waals surface area contributed by atoms with Crippen molar-refractivity contribution in [2.24, 2.45) is 7.05 Å². The van der Waals surface area contributed by atoms with Crippen molar-refractivity contribution < 1.29 is 4.79 Å². The van der Waals surface area contributed by atoms with Gasteiger partial charge in [-0.3, -0.25) is 9.69 Å². The number of likely N-dealkylation sites (tertiary alicyclic amines) is 1. The number of aryl methyl sites for hydroxylation is 1. The van der Waals surface area contributed by atoms with Crippen LogP contribution in [0.15, 0.2) is 42.7 Å². The molecule has 2 saturated heterocycles. The molecule has 1 amide bonds. The lowest BCUT2D eigenvalue weighted by molar-refractivity contribution is -0.133. The van der Waals surface area contributed by atoms with E-state index in [1.807, 2.05) is 12.4 Å². The van der Waals surface area contributed by atoms with Crippen molar-refractivity contribution in [2.45, 2.75) is 44.6 Å². The van der Waals surface area contributed by atoms with Crippen molar-refractivity contribution in [1.29, 1.82) is 0 Å². The summed E-state index contributed by atoms with van der Waals surface area (Å²) in [6, 6.07) is 10.7. The largest absolute Gasteiger partial charge is 0.340 e. The average molecular weight is 424 g/mol. The second-order valence-corrected chi connectivity index (χ2v) is 8.99. The minimum Gasteiger partial charge on any atom is -0.340 e. The highest BCUT2D eigenvalue weighted by Crippen LogP contribution is 2.28. The summed E-state index contributed by atoms with van der Waals surface area (Å²) in [5, 5.41) is 0. The number of hydrogen-bond acceptors (Lipinski definition) is 4. The van der Waals surface area contributed by atoms with Gasteiger partial charge in [-0.1, -0.05) is 43.2 Å². The summed E-state index contributed by atoms with van der Waals surface area (Å²) >= 11 is 0. The lowest BCUT2D eigenvalue weighted by Gasteiger charge is -2.39. The summed E-state index contributed by atoms with van der Waals surface area (Å²) < 4.78 is 2.11. The molecule has 1 aromatic carbocycles. The van der Waals surface area contributed by atoms with Crippen molar-refractivity contribution >= 4 is 5.91 Å². The second-order valence-electron chi connectivity index (χ2n) is 8.99. The Morgan fingerprint density at radius 3 is 2.32 bits per heavy atom. The third-order valence-electron chi connectivity index (χ3n) is 6.81. The average Bonchev–Trinajstić information content (AvgIpc) is 3.05. The van der Waals surface area contributed by atoms with Crippen molar-refractivity contribution in [2.75, 3.05) is 45.8 Å². The van der Waals surface area contributed by atoms with Gasteiger partial charge in [-0.2, -0.15) is 0 Å². The Kier molecular flexibility index (Phi) is 7.76. The van der Waals surface area contributed by atoms with Gasteiger partial charge in [0.1, 0.15) is 5.82 Å². The first-order valence-corrected chi connectivity index (χ1v) is 12.0. The number of amides is 1. The van der Waals surface area contributed by atoms with Crippen molar-refractivity contribution in [1.82, 2.24) is 24.3 Å². The van der Waals surface area contributed by atoms with Crippen LogP contribution < -0.4 is 0 Å². The monoisotopic (exact) mass is 423 g/mol. The van der Waals surface area contributed by atoms with Gasteiger partial charge in [0, 0.05) is 52.0 Å². The predicted molar refractivity (Wildman–Crippen MR) is 124 cm³/mol. The fourth-order valence-electron chi connectivity index (χ4n) is 5.00. The minimum absolute atomic E-state index is 0.126. The summed E-state index contributed by atoms with van der Waals surface area (Å²) in [4.78, 5) is 24.5. The molecule has 2 aliphatic heterocycles. The zero-order valence-electron chi connectivity index (χ0n) is 19.0. The van der Waals surface area contributed by atoms with Crippen LogP contribution in [-0.2, 0) is 11.8 Å². The molecule has 168 valence electrons. The fraction of sp³-hybridized carbons (Fsp3) is 0.600. The van der Waals surface area contributed by atoms with E-state index >= 15 is 0 Å². The summed E-state index contributed by atoms with van der Waals surface area (Å²) in [7, 11) is 2.06. The van der Waals surface area contributed by atoms with Crippen LogP contribution in [-0.4, -0.2) is 76.0 Å². The molecule has 2 aromatic rings. The van der Waals surface area contributed by atoms with Crippen LogP contribution in [0.2, 0.25) is 0 Å². The highest BCUT2D eigenvalue weighted by molar-refractivity contribution is 5.76. The normalized spacial score (nSPS) is 19.8. The van der Waals surface area contributed by atoms with E-state index in [0.29, 0.717) is 12.3 Å². The zero-order valence-corrected chi connectivity index (χ0v) is 19.0. The molecule has 0 bridgehead atoms. The van der Waals surface area contributed by atoms with Crippen molar-refractivity contribution in [3.8, 4) is 0 Å². The topological polar surface area (TPSA) is 44.6 Å². The zero-order chi connectivity index (χ0) is 21.5. The van der Waals surface area contributed by atoms with E-state index in [1.54, 1.807) is 0 Å². The number of benzene rings is 1. The Hall–Kier alpha value is -2.18. The second kappa shape index (κ2) is 10.9. The maximum Gasteiger partial charge on any atom is 0.222 e. The predicted octanol–water partition coefficient (Wildman–Crippen LogP) is 3.31. The Balaban J connectivity index is 1.30. The Morgan fingerprint density at radius 2 is 1.68 bits per heavy atom. The molecule has 6 nitrogen and oxygen atoms in total. The SMILES string of the molecule is Cn1ccnc1[C@H](c1ccccc1)N1CCN(C(=O)CCCN2CCCCCC2)CC1. The highest BCUT2D eigenvalue weighted by atomic mass is 16.2. The fourth-order valence-corrected chi connectivity index (χ4v) is 5.00. The summed E-state index contributed by atoms with van der Waals surface area (Å²) in [5.74, 6) is 1.38. The maximum absolute atomic E-state index is 12.8. The molecule has 0 radical (unpaired) electrons. The van der Waals surface area contributed by atoms with E-state index in [-0.39, 0.29) is 6.04 Å². The number of carbonyl (C=O) groups excluding carboxylic acids is 1. The molecular formula is C25H37N5O. The maximum atomic E-state index is 12.8. The molecule has 4 rings (SSSR count). The number of carbonyl (C=O) groups is 1. The van der Waals surface area contributed by atoms with Gasteiger partial charge < -0.3 is 14.4 Å². The van der Waals surface area contributed by atoms with Crippen molar-refractivity contribution in [3.05, 3.63) is 54.1 Å². The minimum atomic E-state index is 0.126. The van der Waals surface area contributed by atoms with Crippen LogP contribution in [0.4, 0.5) is 0 Å². The Morgan fingerprint density at radius 1 is 0.968 bits per heavy atom. The van der Waals surface area contributed by atoms with Crippen LogP contribution in [0.25, 0.3) is 0 Å². The van der Waals surface area contributed by atoms with E-state index in [4.69, 9.17) is 0 Å². The van der Waals surface area contributed by atoms with Gasteiger partial charge in [-0.25, -0.2) is 4.98 Å². The van der Waals surface area contributed by atoms with E-state index in [9.17, 15) is 4.79 Å². The van der Waals surface area contributed by atoms with Crippen molar-refractivity contribution in [3.63, 3.8) is 0 Å².